The maximum atomic E-state index is 5.34. The molecule has 1 aromatic rings. The molecule has 90 valence electrons. The minimum absolute atomic E-state index is 0.510. The summed E-state index contributed by atoms with van der Waals surface area (Å²) in [6.07, 6.45) is 0. The largest absolute Gasteiger partial charge is 0.497 e. The van der Waals surface area contributed by atoms with Crippen LogP contribution < -0.4 is 9.47 Å². The minimum Gasteiger partial charge on any atom is -0.497 e. The molecule has 0 N–H and O–H groups in total. The van der Waals surface area contributed by atoms with Crippen molar-refractivity contribution in [3.05, 3.63) is 23.8 Å². The third-order valence-electron chi connectivity index (χ3n) is 2.79. The molecule has 16 heavy (non-hydrogen) atoms. The summed E-state index contributed by atoms with van der Waals surface area (Å²) in [5.41, 5.74) is 1.15. The molecule has 1 aromatic carbocycles. The molecule has 1 rings (SSSR count). The summed E-state index contributed by atoms with van der Waals surface area (Å²) in [4.78, 5) is 2.26. The predicted molar refractivity (Wildman–Crippen MR) is 66.1 cm³/mol. The molecule has 0 heterocycles. The normalized spacial score (nSPS) is 10.9. The molecule has 3 heteroatoms. The molecule has 3 nitrogen and oxygen atoms in total. The average Bonchev–Trinajstić information content (AvgIpc) is 2.28. The highest BCUT2D eigenvalue weighted by molar-refractivity contribution is 5.40. The van der Waals surface area contributed by atoms with Crippen LogP contribution in [-0.2, 0) is 6.54 Å². The van der Waals surface area contributed by atoms with Crippen LogP contribution in [0.3, 0.4) is 0 Å². The van der Waals surface area contributed by atoms with Gasteiger partial charge in [-0.3, -0.25) is 4.90 Å². The van der Waals surface area contributed by atoms with Gasteiger partial charge < -0.3 is 9.47 Å². The van der Waals surface area contributed by atoms with Crippen LogP contribution in [0.15, 0.2) is 18.2 Å². The number of hydrogen-bond acceptors (Lipinski definition) is 3. The fraction of sp³-hybridized carbons (Fsp3) is 0.538. The maximum absolute atomic E-state index is 5.34. The smallest absolute Gasteiger partial charge is 0.123 e. The Labute approximate surface area is 98.0 Å². The third-order valence-corrected chi connectivity index (χ3v) is 2.79. The second kappa shape index (κ2) is 5.75. The van der Waals surface area contributed by atoms with E-state index in [9.17, 15) is 0 Å². The lowest BCUT2D eigenvalue weighted by Crippen LogP contribution is -2.25. The standard InChI is InChI=1S/C13H21NO2/c1-10(2)14(3)9-11-8-12(15-4)6-7-13(11)16-5/h6-8,10H,9H2,1-5H3. The maximum Gasteiger partial charge on any atom is 0.123 e. The van der Waals surface area contributed by atoms with Crippen LogP contribution in [0.25, 0.3) is 0 Å². The summed E-state index contributed by atoms with van der Waals surface area (Å²) >= 11 is 0. The molecule has 0 aromatic heterocycles. The number of ether oxygens (including phenoxy) is 2. The van der Waals surface area contributed by atoms with E-state index in [0.29, 0.717) is 6.04 Å². The minimum atomic E-state index is 0.510. The van der Waals surface area contributed by atoms with Crippen molar-refractivity contribution in [2.75, 3.05) is 21.3 Å². The van der Waals surface area contributed by atoms with Gasteiger partial charge in [0, 0.05) is 18.2 Å². The molecule has 0 aliphatic carbocycles. The van der Waals surface area contributed by atoms with Gasteiger partial charge in [-0.2, -0.15) is 0 Å². The number of methoxy groups -OCH3 is 2. The fourth-order valence-electron chi connectivity index (χ4n) is 1.46. The Bertz CT molecular complexity index is 337. The van der Waals surface area contributed by atoms with Gasteiger partial charge >= 0.3 is 0 Å². The summed E-state index contributed by atoms with van der Waals surface area (Å²) in [5, 5.41) is 0. The van der Waals surface area contributed by atoms with Crippen LogP contribution in [0.4, 0.5) is 0 Å². The van der Waals surface area contributed by atoms with Crippen LogP contribution >= 0.6 is 0 Å². The summed E-state index contributed by atoms with van der Waals surface area (Å²) in [7, 11) is 5.47. The number of hydrogen-bond donors (Lipinski definition) is 0. The molecule has 0 aliphatic rings. The molecule has 0 unspecified atom stereocenters. The molecule has 0 spiro atoms. The highest BCUT2D eigenvalue weighted by Gasteiger charge is 2.09. The first-order chi connectivity index (χ1) is 7.58. The van der Waals surface area contributed by atoms with Crippen LogP contribution in [0, 0.1) is 0 Å². The SMILES string of the molecule is COc1ccc(OC)c(CN(C)C(C)C)c1. The zero-order valence-corrected chi connectivity index (χ0v) is 10.8. The summed E-state index contributed by atoms with van der Waals surface area (Å²) in [6, 6.07) is 6.40. The van der Waals surface area contributed by atoms with E-state index in [-0.39, 0.29) is 0 Å². The van der Waals surface area contributed by atoms with Crippen LogP contribution in [0.1, 0.15) is 19.4 Å². The van der Waals surface area contributed by atoms with E-state index in [1.165, 1.54) is 0 Å². The van der Waals surface area contributed by atoms with Crippen molar-refractivity contribution in [1.82, 2.24) is 4.90 Å². The van der Waals surface area contributed by atoms with Gasteiger partial charge in [0.2, 0.25) is 0 Å². The number of rotatable bonds is 5. The van der Waals surface area contributed by atoms with Gasteiger partial charge in [0.1, 0.15) is 11.5 Å². The van der Waals surface area contributed by atoms with Gasteiger partial charge in [0.15, 0.2) is 0 Å². The van der Waals surface area contributed by atoms with Gasteiger partial charge in [-0.25, -0.2) is 0 Å². The molecule has 0 radical (unpaired) electrons. The first-order valence-electron chi connectivity index (χ1n) is 5.49. The van der Waals surface area contributed by atoms with Crippen LogP contribution in [-0.4, -0.2) is 32.2 Å². The molecule has 0 saturated heterocycles. The number of nitrogens with zero attached hydrogens (tertiary/aromatic N) is 1. The zero-order chi connectivity index (χ0) is 12.1. The van der Waals surface area contributed by atoms with E-state index in [0.717, 1.165) is 23.6 Å². The van der Waals surface area contributed by atoms with Gasteiger partial charge in [0.25, 0.3) is 0 Å². The second-order valence-electron chi connectivity index (χ2n) is 4.19. The Morgan fingerprint density at radius 3 is 2.38 bits per heavy atom. The van der Waals surface area contributed by atoms with Crippen molar-refractivity contribution >= 4 is 0 Å². The van der Waals surface area contributed by atoms with Crippen molar-refractivity contribution in [1.29, 1.82) is 0 Å². The molecule has 0 saturated carbocycles. The summed E-state index contributed by atoms with van der Waals surface area (Å²) in [5.74, 6) is 1.78. The van der Waals surface area contributed by atoms with Crippen molar-refractivity contribution in [3.63, 3.8) is 0 Å². The monoisotopic (exact) mass is 223 g/mol. The van der Waals surface area contributed by atoms with Crippen molar-refractivity contribution in [2.45, 2.75) is 26.4 Å². The molecule has 0 bridgehead atoms. The summed E-state index contributed by atoms with van der Waals surface area (Å²) in [6.45, 7) is 5.21. The van der Waals surface area contributed by atoms with E-state index in [2.05, 4.69) is 25.8 Å². The Kier molecular flexibility index (Phi) is 4.62. The lowest BCUT2D eigenvalue weighted by molar-refractivity contribution is 0.260. The van der Waals surface area contributed by atoms with Crippen LogP contribution in [0.5, 0.6) is 11.5 Å². The molecule has 0 fully saturated rings. The van der Waals surface area contributed by atoms with Gasteiger partial charge in [-0.05, 0) is 39.1 Å². The average molecular weight is 223 g/mol. The van der Waals surface area contributed by atoms with E-state index in [4.69, 9.17) is 9.47 Å². The first kappa shape index (κ1) is 12.8. The Morgan fingerprint density at radius 1 is 1.19 bits per heavy atom. The zero-order valence-electron chi connectivity index (χ0n) is 10.8. The molecule has 0 atom stereocenters. The van der Waals surface area contributed by atoms with Gasteiger partial charge in [0.05, 0.1) is 14.2 Å². The van der Waals surface area contributed by atoms with Crippen molar-refractivity contribution in [3.8, 4) is 11.5 Å². The van der Waals surface area contributed by atoms with Crippen molar-refractivity contribution < 1.29 is 9.47 Å². The molecular weight excluding hydrogens is 202 g/mol. The molecule has 0 amide bonds. The third kappa shape index (κ3) is 3.14. The summed E-state index contributed by atoms with van der Waals surface area (Å²) < 4.78 is 10.6. The Morgan fingerprint density at radius 2 is 1.88 bits per heavy atom. The predicted octanol–water partition coefficient (Wildman–Crippen LogP) is 2.54. The van der Waals surface area contributed by atoms with E-state index in [1.54, 1.807) is 14.2 Å². The van der Waals surface area contributed by atoms with Crippen molar-refractivity contribution in [2.24, 2.45) is 0 Å². The number of benzene rings is 1. The van der Waals surface area contributed by atoms with E-state index >= 15 is 0 Å². The lowest BCUT2D eigenvalue weighted by atomic mass is 10.1. The van der Waals surface area contributed by atoms with Gasteiger partial charge in [-0.15, -0.1) is 0 Å². The highest BCUT2D eigenvalue weighted by Crippen LogP contribution is 2.25. The van der Waals surface area contributed by atoms with E-state index < -0.39 is 0 Å². The first-order valence-corrected chi connectivity index (χ1v) is 5.49. The Balaban J connectivity index is 2.91. The second-order valence-corrected chi connectivity index (χ2v) is 4.19. The Hall–Kier alpha value is -1.22. The highest BCUT2D eigenvalue weighted by atomic mass is 16.5. The van der Waals surface area contributed by atoms with Gasteiger partial charge in [-0.1, -0.05) is 0 Å². The quantitative estimate of drug-likeness (QED) is 0.765. The molecular formula is C13H21NO2. The topological polar surface area (TPSA) is 21.7 Å². The molecule has 0 aliphatic heterocycles. The van der Waals surface area contributed by atoms with E-state index in [1.807, 2.05) is 18.2 Å². The fourth-order valence-corrected chi connectivity index (χ4v) is 1.46. The lowest BCUT2D eigenvalue weighted by Gasteiger charge is -2.22. The van der Waals surface area contributed by atoms with Crippen LogP contribution in [0.2, 0.25) is 0 Å².